The first-order valence-electron chi connectivity index (χ1n) is 8.20. The van der Waals surface area contributed by atoms with Crippen molar-refractivity contribution in [2.24, 2.45) is 0 Å². The van der Waals surface area contributed by atoms with Gasteiger partial charge in [-0.1, -0.05) is 6.92 Å². The molecule has 0 saturated carbocycles. The molecular formula is C18H17F3N2O5. The molecule has 0 atom stereocenters. The van der Waals surface area contributed by atoms with Crippen LogP contribution >= 0.6 is 0 Å². The third-order valence-corrected chi connectivity index (χ3v) is 3.41. The van der Waals surface area contributed by atoms with E-state index < -0.39 is 30.2 Å². The molecule has 0 unspecified atom stereocenters. The van der Waals surface area contributed by atoms with Crippen molar-refractivity contribution in [1.82, 2.24) is 0 Å². The maximum atomic E-state index is 12.9. The Labute approximate surface area is 158 Å². The quantitative estimate of drug-likeness (QED) is 0.440. The number of aromatic nitrogens is 1. The maximum Gasteiger partial charge on any atom is 0.416 e. The van der Waals surface area contributed by atoms with Crippen LogP contribution in [0.5, 0.6) is 5.75 Å². The second-order valence-electron chi connectivity index (χ2n) is 5.63. The molecular weight excluding hydrogens is 381 g/mol. The standard InChI is InChI=1S/C18H17F3N2O5/c1-2-9-27-15-4-3-13(18(19,20)21)10-14(15)22-16(24)11-28-17(25)12-5-7-23(26)8-6-12/h3-8,10H,2,9,11H2,1H3,(H,22,24). The van der Waals surface area contributed by atoms with E-state index in [1.54, 1.807) is 0 Å². The fourth-order valence-corrected chi connectivity index (χ4v) is 2.09. The minimum Gasteiger partial charge on any atom is -0.619 e. The Kier molecular flexibility index (Phi) is 6.80. The van der Waals surface area contributed by atoms with Gasteiger partial charge < -0.3 is 20.0 Å². The van der Waals surface area contributed by atoms with Crippen LogP contribution in [0.1, 0.15) is 29.3 Å². The molecule has 0 spiro atoms. The van der Waals surface area contributed by atoms with E-state index in [1.165, 1.54) is 12.1 Å². The van der Waals surface area contributed by atoms with Crippen LogP contribution in [0.25, 0.3) is 0 Å². The number of carbonyl (C=O) groups excluding carboxylic acids is 2. The van der Waals surface area contributed by atoms with E-state index in [2.05, 4.69) is 5.32 Å². The highest BCUT2D eigenvalue weighted by Gasteiger charge is 2.31. The van der Waals surface area contributed by atoms with Crippen LogP contribution in [0, 0.1) is 5.21 Å². The average molecular weight is 398 g/mol. The number of nitrogens with zero attached hydrogens (tertiary/aromatic N) is 1. The Morgan fingerprint density at radius 2 is 1.86 bits per heavy atom. The third-order valence-electron chi connectivity index (χ3n) is 3.41. The second kappa shape index (κ2) is 9.07. The minimum absolute atomic E-state index is 0.0472. The SMILES string of the molecule is CCCOc1ccc(C(F)(F)F)cc1NC(=O)COC(=O)c1cc[n+]([O-])cc1. The molecule has 0 saturated heterocycles. The lowest BCUT2D eigenvalue weighted by Crippen LogP contribution is -2.25. The number of ether oxygens (including phenoxy) is 2. The first kappa shape index (κ1) is 21.0. The van der Waals surface area contributed by atoms with Crippen LogP contribution in [-0.4, -0.2) is 25.1 Å². The number of esters is 1. The Morgan fingerprint density at radius 3 is 2.46 bits per heavy atom. The van der Waals surface area contributed by atoms with Gasteiger partial charge in [0.25, 0.3) is 5.91 Å². The topological polar surface area (TPSA) is 91.6 Å². The zero-order valence-corrected chi connectivity index (χ0v) is 14.8. The van der Waals surface area contributed by atoms with Crippen molar-refractivity contribution >= 4 is 17.6 Å². The van der Waals surface area contributed by atoms with E-state index in [9.17, 15) is 28.0 Å². The number of rotatable bonds is 7. The summed E-state index contributed by atoms with van der Waals surface area (Å²) in [5.41, 5.74) is -1.10. The van der Waals surface area contributed by atoms with Crippen LogP contribution in [0.4, 0.5) is 18.9 Å². The zero-order valence-electron chi connectivity index (χ0n) is 14.8. The number of halogens is 3. The Hall–Kier alpha value is -3.30. The highest BCUT2D eigenvalue weighted by atomic mass is 19.4. The average Bonchev–Trinajstić information content (AvgIpc) is 2.65. The minimum atomic E-state index is -4.60. The van der Waals surface area contributed by atoms with Gasteiger partial charge in [-0.05, 0) is 24.6 Å². The van der Waals surface area contributed by atoms with Gasteiger partial charge in [0.2, 0.25) is 0 Å². The van der Waals surface area contributed by atoms with Crippen molar-refractivity contribution < 1.29 is 37.0 Å². The molecule has 2 aromatic rings. The highest BCUT2D eigenvalue weighted by Crippen LogP contribution is 2.35. The number of alkyl halides is 3. The van der Waals surface area contributed by atoms with Crippen molar-refractivity contribution in [3.05, 3.63) is 59.1 Å². The summed E-state index contributed by atoms with van der Waals surface area (Å²) in [5, 5.41) is 13.2. The Bertz CT molecular complexity index is 838. The molecule has 0 radical (unpaired) electrons. The lowest BCUT2D eigenvalue weighted by atomic mass is 10.1. The number of carbonyl (C=O) groups is 2. The normalized spacial score (nSPS) is 11.0. The number of anilines is 1. The van der Waals surface area contributed by atoms with Gasteiger partial charge in [-0.15, -0.1) is 0 Å². The van der Waals surface area contributed by atoms with E-state index >= 15 is 0 Å². The van der Waals surface area contributed by atoms with Crippen molar-refractivity contribution in [3.63, 3.8) is 0 Å². The van der Waals surface area contributed by atoms with Crippen LogP contribution in [-0.2, 0) is 15.7 Å². The van der Waals surface area contributed by atoms with E-state index in [1.807, 2.05) is 6.92 Å². The molecule has 1 N–H and O–H groups in total. The monoisotopic (exact) mass is 398 g/mol. The molecule has 1 aromatic heterocycles. The van der Waals surface area contributed by atoms with Gasteiger partial charge in [0.15, 0.2) is 19.0 Å². The molecule has 0 aliphatic heterocycles. The lowest BCUT2D eigenvalue weighted by Gasteiger charge is -2.15. The predicted molar refractivity (Wildman–Crippen MR) is 91.5 cm³/mol. The first-order chi connectivity index (χ1) is 13.2. The third kappa shape index (κ3) is 5.86. The summed E-state index contributed by atoms with van der Waals surface area (Å²) in [4.78, 5) is 23.8. The van der Waals surface area contributed by atoms with Gasteiger partial charge in [0, 0.05) is 12.1 Å². The molecule has 28 heavy (non-hydrogen) atoms. The van der Waals surface area contributed by atoms with E-state index in [4.69, 9.17) is 9.47 Å². The molecule has 150 valence electrons. The summed E-state index contributed by atoms with van der Waals surface area (Å²) in [6, 6.07) is 5.11. The molecule has 10 heteroatoms. The molecule has 1 heterocycles. The Balaban J connectivity index is 2.06. The van der Waals surface area contributed by atoms with Crippen LogP contribution in [0.2, 0.25) is 0 Å². The predicted octanol–water partition coefficient (Wildman–Crippen LogP) is 2.92. The molecule has 0 aliphatic rings. The number of benzene rings is 1. The van der Waals surface area contributed by atoms with Gasteiger partial charge in [-0.25, -0.2) is 4.79 Å². The zero-order chi connectivity index (χ0) is 20.7. The van der Waals surface area contributed by atoms with Gasteiger partial charge >= 0.3 is 12.1 Å². The summed E-state index contributed by atoms with van der Waals surface area (Å²) in [7, 11) is 0. The smallest absolute Gasteiger partial charge is 0.416 e. The summed E-state index contributed by atoms with van der Waals surface area (Å²) in [6.07, 6.45) is -1.82. The van der Waals surface area contributed by atoms with Gasteiger partial charge in [0.05, 0.1) is 23.4 Å². The maximum absolute atomic E-state index is 12.9. The largest absolute Gasteiger partial charge is 0.619 e. The molecule has 0 aliphatic carbocycles. The summed E-state index contributed by atoms with van der Waals surface area (Å²) < 4.78 is 49.3. The van der Waals surface area contributed by atoms with E-state index in [-0.39, 0.29) is 23.6 Å². The lowest BCUT2D eigenvalue weighted by molar-refractivity contribution is -0.605. The molecule has 0 fully saturated rings. The number of hydrogen-bond donors (Lipinski definition) is 1. The highest BCUT2D eigenvalue weighted by molar-refractivity contribution is 5.96. The van der Waals surface area contributed by atoms with Crippen LogP contribution in [0.15, 0.2) is 42.7 Å². The van der Waals surface area contributed by atoms with Crippen LogP contribution in [0.3, 0.4) is 0 Å². The Morgan fingerprint density at radius 1 is 1.18 bits per heavy atom. The number of pyridine rings is 1. The number of nitrogens with one attached hydrogen (secondary N) is 1. The summed E-state index contributed by atoms with van der Waals surface area (Å²) in [6.45, 7) is 1.34. The van der Waals surface area contributed by atoms with E-state index in [0.29, 0.717) is 11.2 Å². The fraction of sp³-hybridized carbons (Fsp3) is 0.278. The molecule has 1 aromatic carbocycles. The fourth-order valence-electron chi connectivity index (χ4n) is 2.09. The van der Waals surface area contributed by atoms with Crippen molar-refractivity contribution in [2.75, 3.05) is 18.5 Å². The summed E-state index contributed by atoms with van der Waals surface area (Å²) >= 11 is 0. The molecule has 7 nitrogen and oxygen atoms in total. The number of amides is 1. The van der Waals surface area contributed by atoms with Gasteiger partial charge in [0.1, 0.15) is 5.75 Å². The van der Waals surface area contributed by atoms with Crippen molar-refractivity contribution in [1.29, 1.82) is 0 Å². The van der Waals surface area contributed by atoms with Crippen molar-refractivity contribution in [2.45, 2.75) is 19.5 Å². The molecule has 1 amide bonds. The van der Waals surface area contributed by atoms with E-state index in [0.717, 1.165) is 30.6 Å². The van der Waals surface area contributed by atoms with Crippen LogP contribution < -0.4 is 14.8 Å². The number of hydrogen-bond acceptors (Lipinski definition) is 5. The van der Waals surface area contributed by atoms with Gasteiger partial charge in [-0.2, -0.15) is 17.9 Å². The second-order valence-corrected chi connectivity index (χ2v) is 5.63. The molecule has 0 bridgehead atoms. The first-order valence-corrected chi connectivity index (χ1v) is 8.20. The summed E-state index contributed by atoms with van der Waals surface area (Å²) in [5.74, 6) is -1.64. The van der Waals surface area contributed by atoms with Gasteiger partial charge in [-0.3, -0.25) is 4.79 Å². The van der Waals surface area contributed by atoms with Crippen molar-refractivity contribution in [3.8, 4) is 5.75 Å². The molecule has 2 rings (SSSR count).